The van der Waals surface area contributed by atoms with Crippen molar-refractivity contribution in [3.8, 4) is 0 Å². The Balaban J connectivity index is 1.67. The number of carbonyl (C=O) groups is 1. The quantitative estimate of drug-likeness (QED) is 0.785. The molecule has 156 valence electrons. The molecule has 0 bridgehead atoms. The number of carbonyl (C=O) groups excluding carboxylic acids is 1. The fourth-order valence-electron chi connectivity index (χ4n) is 4.21. The molecule has 2 heterocycles. The number of aromatic nitrogens is 2. The van der Waals surface area contributed by atoms with Gasteiger partial charge < -0.3 is 15.6 Å². The Hall–Kier alpha value is -2.63. The van der Waals surface area contributed by atoms with Gasteiger partial charge in [-0.3, -0.25) is 14.6 Å². The van der Waals surface area contributed by atoms with E-state index in [1.807, 2.05) is 39.0 Å². The molecule has 1 fully saturated rings. The maximum atomic E-state index is 12.8. The van der Waals surface area contributed by atoms with Crippen LogP contribution in [0.4, 0.5) is 5.69 Å². The minimum absolute atomic E-state index is 0.0308. The van der Waals surface area contributed by atoms with Crippen LogP contribution in [-0.2, 0) is 24.3 Å². The summed E-state index contributed by atoms with van der Waals surface area (Å²) in [4.78, 5) is 29.7. The number of rotatable bonds is 6. The van der Waals surface area contributed by atoms with Crippen molar-refractivity contribution in [2.75, 3.05) is 5.73 Å². The van der Waals surface area contributed by atoms with E-state index >= 15 is 0 Å². The molecular formula is C23H32N4O2. The van der Waals surface area contributed by atoms with E-state index in [1.54, 1.807) is 0 Å². The zero-order valence-electron chi connectivity index (χ0n) is 17.8. The lowest BCUT2D eigenvalue weighted by Gasteiger charge is -2.23. The highest BCUT2D eigenvalue weighted by Gasteiger charge is 2.18. The number of hydrogen-bond acceptors (Lipinski definition) is 4. The molecule has 1 amide bonds. The van der Waals surface area contributed by atoms with Crippen LogP contribution in [0, 0.1) is 26.7 Å². The number of nitrogens with zero attached hydrogens (tertiary/aromatic N) is 2. The Bertz CT molecular complexity index is 943. The Morgan fingerprint density at radius 2 is 1.90 bits per heavy atom. The lowest BCUT2D eigenvalue weighted by Crippen LogP contribution is -2.34. The first-order valence-electron chi connectivity index (χ1n) is 10.5. The Morgan fingerprint density at radius 3 is 2.59 bits per heavy atom. The first kappa shape index (κ1) is 21.1. The maximum Gasteiger partial charge on any atom is 0.274 e. The van der Waals surface area contributed by atoms with E-state index in [9.17, 15) is 9.59 Å². The number of nitrogen functional groups attached to an aromatic ring is 1. The highest BCUT2D eigenvalue weighted by atomic mass is 16.2. The van der Waals surface area contributed by atoms with E-state index in [0.717, 1.165) is 34.6 Å². The zero-order valence-corrected chi connectivity index (χ0v) is 17.8. The predicted molar refractivity (Wildman–Crippen MR) is 116 cm³/mol. The van der Waals surface area contributed by atoms with Gasteiger partial charge in [0.15, 0.2) is 0 Å². The molecule has 1 saturated carbocycles. The van der Waals surface area contributed by atoms with Crippen molar-refractivity contribution in [3.63, 3.8) is 0 Å². The van der Waals surface area contributed by atoms with E-state index in [2.05, 4.69) is 10.3 Å². The molecule has 3 rings (SSSR count). The molecule has 0 radical (unpaired) electrons. The Labute approximate surface area is 172 Å². The van der Waals surface area contributed by atoms with Crippen molar-refractivity contribution in [3.05, 3.63) is 56.8 Å². The number of aryl methyl sites for hydroxylation is 3. The second-order valence-corrected chi connectivity index (χ2v) is 8.30. The highest BCUT2D eigenvalue weighted by molar-refractivity contribution is 5.76. The molecule has 29 heavy (non-hydrogen) atoms. The van der Waals surface area contributed by atoms with Gasteiger partial charge in [-0.05, 0) is 56.4 Å². The van der Waals surface area contributed by atoms with Gasteiger partial charge in [0.05, 0.1) is 0 Å². The van der Waals surface area contributed by atoms with E-state index in [0.29, 0.717) is 12.5 Å². The van der Waals surface area contributed by atoms with Crippen LogP contribution in [0.3, 0.4) is 0 Å². The van der Waals surface area contributed by atoms with Crippen molar-refractivity contribution < 1.29 is 4.79 Å². The summed E-state index contributed by atoms with van der Waals surface area (Å²) in [6.45, 7) is 6.09. The second-order valence-electron chi connectivity index (χ2n) is 8.30. The first-order valence-corrected chi connectivity index (χ1v) is 10.5. The number of amides is 1. The van der Waals surface area contributed by atoms with Gasteiger partial charge in [0, 0.05) is 23.6 Å². The van der Waals surface area contributed by atoms with Gasteiger partial charge in [-0.25, -0.2) is 0 Å². The molecule has 0 aliphatic heterocycles. The molecular weight excluding hydrogens is 364 g/mol. The molecule has 0 aromatic carbocycles. The summed E-state index contributed by atoms with van der Waals surface area (Å²) >= 11 is 0. The SMILES string of the molecule is Cc1ccc(CNC(=O)Cn2c(C)cc(CC3CCCCC3)c(N)c2=O)c(C)n1. The van der Waals surface area contributed by atoms with Crippen molar-refractivity contribution in [1.29, 1.82) is 0 Å². The van der Waals surface area contributed by atoms with Crippen LogP contribution in [0.2, 0.25) is 0 Å². The van der Waals surface area contributed by atoms with Crippen LogP contribution < -0.4 is 16.6 Å². The van der Waals surface area contributed by atoms with Gasteiger partial charge in [0.2, 0.25) is 5.91 Å². The molecule has 6 nitrogen and oxygen atoms in total. The lowest BCUT2D eigenvalue weighted by atomic mass is 9.84. The monoisotopic (exact) mass is 396 g/mol. The van der Waals surface area contributed by atoms with Gasteiger partial charge >= 0.3 is 0 Å². The average Bonchev–Trinajstić information content (AvgIpc) is 2.69. The fraction of sp³-hybridized carbons (Fsp3) is 0.522. The molecule has 0 spiro atoms. The normalized spacial score (nSPS) is 14.7. The molecule has 3 N–H and O–H groups in total. The molecule has 6 heteroatoms. The van der Waals surface area contributed by atoms with Crippen molar-refractivity contribution >= 4 is 11.6 Å². The van der Waals surface area contributed by atoms with Gasteiger partial charge in [0.1, 0.15) is 12.2 Å². The van der Waals surface area contributed by atoms with E-state index < -0.39 is 0 Å². The summed E-state index contributed by atoms with van der Waals surface area (Å²) in [5, 5.41) is 2.88. The minimum Gasteiger partial charge on any atom is -0.394 e. The molecule has 2 aromatic heterocycles. The summed E-state index contributed by atoms with van der Waals surface area (Å²) in [7, 11) is 0. The van der Waals surface area contributed by atoms with Crippen molar-refractivity contribution in [2.45, 2.75) is 72.4 Å². The fourth-order valence-corrected chi connectivity index (χ4v) is 4.21. The van der Waals surface area contributed by atoms with Crippen molar-refractivity contribution in [1.82, 2.24) is 14.9 Å². The van der Waals surface area contributed by atoms with Gasteiger partial charge in [-0.1, -0.05) is 38.2 Å². The van der Waals surface area contributed by atoms with E-state index in [-0.39, 0.29) is 23.7 Å². The Kier molecular flexibility index (Phi) is 6.72. The first-order chi connectivity index (χ1) is 13.8. The van der Waals surface area contributed by atoms with Crippen LogP contribution in [0.25, 0.3) is 0 Å². The summed E-state index contributed by atoms with van der Waals surface area (Å²) in [5.41, 5.74) is 10.7. The van der Waals surface area contributed by atoms with Crippen LogP contribution in [0.5, 0.6) is 0 Å². The third kappa shape index (κ3) is 5.25. The minimum atomic E-state index is -0.265. The van der Waals surface area contributed by atoms with Crippen LogP contribution in [-0.4, -0.2) is 15.5 Å². The van der Waals surface area contributed by atoms with Crippen LogP contribution >= 0.6 is 0 Å². The van der Waals surface area contributed by atoms with Crippen LogP contribution in [0.1, 0.15) is 60.3 Å². The van der Waals surface area contributed by atoms with Gasteiger partial charge in [0.25, 0.3) is 5.56 Å². The maximum absolute atomic E-state index is 12.8. The topological polar surface area (TPSA) is 90.0 Å². The number of anilines is 1. The molecule has 0 unspecified atom stereocenters. The number of nitrogens with two attached hydrogens (primary N) is 1. The van der Waals surface area contributed by atoms with Crippen LogP contribution in [0.15, 0.2) is 23.0 Å². The summed E-state index contributed by atoms with van der Waals surface area (Å²) in [6.07, 6.45) is 7.09. The third-order valence-corrected chi connectivity index (χ3v) is 5.98. The van der Waals surface area contributed by atoms with Crippen molar-refractivity contribution in [2.24, 2.45) is 5.92 Å². The van der Waals surface area contributed by atoms with Gasteiger partial charge in [-0.15, -0.1) is 0 Å². The summed E-state index contributed by atoms with van der Waals surface area (Å²) < 4.78 is 1.47. The average molecular weight is 397 g/mol. The molecule has 0 saturated heterocycles. The summed E-state index contributed by atoms with van der Waals surface area (Å²) in [5.74, 6) is 0.393. The van der Waals surface area contributed by atoms with E-state index in [4.69, 9.17) is 5.73 Å². The molecule has 1 aliphatic carbocycles. The smallest absolute Gasteiger partial charge is 0.274 e. The van der Waals surface area contributed by atoms with Gasteiger partial charge in [-0.2, -0.15) is 0 Å². The number of hydrogen-bond donors (Lipinski definition) is 2. The van der Waals surface area contributed by atoms with E-state index in [1.165, 1.54) is 36.7 Å². The highest BCUT2D eigenvalue weighted by Crippen LogP contribution is 2.28. The third-order valence-electron chi connectivity index (χ3n) is 5.98. The standard InChI is InChI=1S/C23H32N4O2/c1-15-9-10-19(17(3)26-15)13-25-21(28)14-27-16(2)11-20(22(24)23(27)29)12-18-7-5-4-6-8-18/h9-11,18H,4-8,12-14,24H2,1-3H3,(H,25,28). The lowest BCUT2D eigenvalue weighted by molar-refractivity contribution is -0.121. The number of nitrogens with one attached hydrogen (secondary N) is 1. The zero-order chi connectivity index (χ0) is 21.0. The predicted octanol–water partition coefficient (Wildman–Crippen LogP) is 3.19. The summed E-state index contributed by atoms with van der Waals surface area (Å²) in [6, 6.07) is 5.87. The Morgan fingerprint density at radius 1 is 1.17 bits per heavy atom. The number of pyridine rings is 2. The molecule has 2 aromatic rings. The second kappa shape index (κ2) is 9.25. The largest absolute Gasteiger partial charge is 0.394 e. The molecule has 1 aliphatic rings. The molecule has 0 atom stereocenters.